The number of rotatable bonds is 5. The zero-order chi connectivity index (χ0) is 16.2. The number of nitrogens with zero attached hydrogens (tertiary/aromatic N) is 1. The molecule has 120 valence electrons. The minimum Gasteiger partial charge on any atom is -0.480 e. The maximum atomic E-state index is 12.2. The van der Waals surface area contributed by atoms with Crippen LogP contribution in [0.5, 0.6) is 0 Å². The van der Waals surface area contributed by atoms with E-state index in [0.717, 1.165) is 4.90 Å². The molecule has 0 aromatic carbocycles. The van der Waals surface area contributed by atoms with Crippen LogP contribution >= 0.6 is 0 Å². The summed E-state index contributed by atoms with van der Waals surface area (Å²) in [6.45, 7) is 3.71. The Kier molecular flexibility index (Phi) is 5.95. The van der Waals surface area contributed by atoms with Crippen LogP contribution in [0.2, 0.25) is 0 Å². The lowest BCUT2D eigenvalue weighted by Gasteiger charge is -2.25. The molecule has 8 heteroatoms. The predicted octanol–water partition coefficient (Wildman–Crippen LogP) is -0.196. The van der Waals surface area contributed by atoms with Crippen molar-refractivity contribution in [2.75, 3.05) is 13.7 Å². The second-order valence-corrected chi connectivity index (χ2v) is 5.55. The van der Waals surface area contributed by atoms with Crippen molar-refractivity contribution in [3.8, 4) is 0 Å². The van der Waals surface area contributed by atoms with E-state index in [0.29, 0.717) is 6.42 Å². The molecular formula is C13H22N2O6. The summed E-state index contributed by atoms with van der Waals surface area (Å²) in [5.74, 6) is -1.61. The number of likely N-dealkylation sites (tertiary alicyclic amines) is 1. The molecule has 3 atom stereocenters. The summed E-state index contributed by atoms with van der Waals surface area (Å²) in [6, 6.07) is -2.61. The van der Waals surface area contributed by atoms with Gasteiger partial charge in [0.25, 0.3) is 0 Å². The standard InChI is InChI=1S/C13H22N2O6/c1-7(2)4-9(12(19)21-3)14-13(20)15-6-8(16)5-10(15)11(17)18/h7-10,16H,4-6H2,1-3H3,(H,14,20)(H,17,18)/t8-,9?,10-/m0/s1. The lowest BCUT2D eigenvalue weighted by Crippen LogP contribution is -2.51. The van der Waals surface area contributed by atoms with Gasteiger partial charge in [0.2, 0.25) is 0 Å². The number of carbonyl (C=O) groups is 3. The maximum absolute atomic E-state index is 12.2. The molecule has 1 rings (SSSR count). The van der Waals surface area contributed by atoms with Crippen LogP contribution < -0.4 is 5.32 Å². The Balaban J connectivity index is 2.76. The lowest BCUT2D eigenvalue weighted by molar-refractivity contribution is -0.143. The Labute approximate surface area is 123 Å². The average Bonchev–Trinajstić information content (AvgIpc) is 2.78. The number of esters is 1. The van der Waals surface area contributed by atoms with E-state index in [2.05, 4.69) is 10.1 Å². The number of hydrogen-bond acceptors (Lipinski definition) is 5. The zero-order valence-electron chi connectivity index (χ0n) is 12.4. The Bertz CT molecular complexity index is 411. The van der Waals surface area contributed by atoms with Gasteiger partial charge in [-0.3, -0.25) is 0 Å². The van der Waals surface area contributed by atoms with E-state index in [4.69, 9.17) is 5.11 Å². The third-order valence-electron chi connectivity index (χ3n) is 3.32. The number of aliphatic hydroxyl groups excluding tert-OH is 1. The number of ether oxygens (including phenoxy) is 1. The molecule has 1 fully saturated rings. The van der Waals surface area contributed by atoms with E-state index in [1.54, 1.807) is 0 Å². The van der Waals surface area contributed by atoms with Crippen molar-refractivity contribution in [1.29, 1.82) is 0 Å². The second-order valence-electron chi connectivity index (χ2n) is 5.55. The molecule has 1 aliphatic heterocycles. The van der Waals surface area contributed by atoms with E-state index in [1.807, 2.05) is 13.8 Å². The van der Waals surface area contributed by atoms with Crippen molar-refractivity contribution < 1.29 is 29.3 Å². The van der Waals surface area contributed by atoms with Crippen LogP contribution in [0.4, 0.5) is 4.79 Å². The minimum atomic E-state index is -1.18. The summed E-state index contributed by atoms with van der Waals surface area (Å²) in [5, 5.41) is 21.1. The zero-order valence-corrected chi connectivity index (χ0v) is 12.4. The molecule has 3 N–H and O–H groups in total. The van der Waals surface area contributed by atoms with Gasteiger partial charge in [0.05, 0.1) is 13.2 Å². The van der Waals surface area contributed by atoms with Gasteiger partial charge >= 0.3 is 18.0 Å². The fraction of sp³-hybridized carbons (Fsp3) is 0.769. The summed E-state index contributed by atoms with van der Waals surface area (Å²) in [4.78, 5) is 35.9. The SMILES string of the molecule is COC(=O)C(CC(C)C)NC(=O)N1C[C@@H](O)C[C@H]1C(=O)O. The van der Waals surface area contributed by atoms with Gasteiger partial charge in [-0.15, -0.1) is 0 Å². The van der Waals surface area contributed by atoms with Gasteiger partial charge in [-0.05, 0) is 12.3 Å². The molecule has 0 radical (unpaired) electrons. The first-order valence-electron chi connectivity index (χ1n) is 6.82. The number of methoxy groups -OCH3 is 1. The molecule has 21 heavy (non-hydrogen) atoms. The highest BCUT2D eigenvalue weighted by Gasteiger charge is 2.40. The maximum Gasteiger partial charge on any atom is 0.328 e. The third-order valence-corrected chi connectivity index (χ3v) is 3.32. The first kappa shape index (κ1) is 17.2. The number of carboxylic acids is 1. The fourth-order valence-electron chi connectivity index (χ4n) is 2.33. The number of carbonyl (C=O) groups excluding carboxylic acids is 2. The summed E-state index contributed by atoms with van der Waals surface area (Å²) >= 11 is 0. The summed E-state index contributed by atoms with van der Waals surface area (Å²) in [6.07, 6.45) is -0.513. The molecule has 0 saturated carbocycles. The Morgan fingerprint density at radius 1 is 1.38 bits per heavy atom. The van der Waals surface area contributed by atoms with Crippen LogP contribution in [0.1, 0.15) is 26.7 Å². The van der Waals surface area contributed by atoms with Crippen molar-refractivity contribution in [2.24, 2.45) is 5.92 Å². The minimum absolute atomic E-state index is 0.0180. The van der Waals surface area contributed by atoms with E-state index in [-0.39, 0.29) is 18.9 Å². The van der Waals surface area contributed by atoms with Crippen molar-refractivity contribution in [3.63, 3.8) is 0 Å². The number of urea groups is 1. The molecule has 1 saturated heterocycles. The topological polar surface area (TPSA) is 116 Å². The number of hydrogen-bond donors (Lipinski definition) is 3. The largest absolute Gasteiger partial charge is 0.480 e. The molecule has 1 aliphatic rings. The number of amides is 2. The molecule has 8 nitrogen and oxygen atoms in total. The predicted molar refractivity (Wildman–Crippen MR) is 72.5 cm³/mol. The molecule has 0 aliphatic carbocycles. The molecule has 0 aromatic rings. The molecule has 1 unspecified atom stereocenters. The molecule has 0 aromatic heterocycles. The van der Waals surface area contributed by atoms with Gasteiger partial charge in [0.15, 0.2) is 0 Å². The Morgan fingerprint density at radius 2 is 2.00 bits per heavy atom. The van der Waals surface area contributed by atoms with Crippen molar-refractivity contribution in [1.82, 2.24) is 10.2 Å². The first-order chi connectivity index (χ1) is 9.76. The number of aliphatic carboxylic acids is 1. The van der Waals surface area contributed by atoms with Gasteiger partial charge in [0.1, 0.15) is 12.1 Å². The van der Waals surface area contributed by atoms with Crippen LogP contribution in [-0.2, 0) is 14.3 Å². The van der Waals surface area contributed by atoms with E-state index in [9.17, 15) is 19.5 Å². The van der Waals surface area contributed by atoms with Gasteiger partial charge in [-0.2, -0.15) is 0 Å². The van der Waals surface area contributed by atoms with Crippen LogP contribution in [0, 0.1) is 5.92 Å². The molecule has 0 spiro atoms. The Morgan fingerprint density at radius 3 is 2.48 bits per heavy atom. The third kappa shape index (κ3) is 4.59. The molecular weight excluding hydrogens is 280 g/mol. The van der Waals surface area contributed by atoms with Crippen LogP contribution in [0.3, 0.4) is 0 Å². The monoisotopic (exact) mass is 302 g/mol. The summed E-state index contributed by atoms with van der Waals surface area (Å²) < 4.78 is 4.63. The number of aliphatic hydroxyl groups is 1. The van der Waals surface area contributed by atoms with Gasteiger partial charge in [0, 0.05) is 13.0 Å². The van der Waals surface area contributed by atoms with Crippen LogP contribution in [0.15, 0.2) is 0 Å². The van der Waals surface area contributed by atoms with Crippen molar-refractivity contribution >= 4 is 18.0 Å². The van der Waals surface area contributed by atoms with E-state index < -0.39 is 36.2 Å². The number of nitrogens with one attached hydrogen (secondary N) is 1. The van der Waals surface area contributed by atoms with Gasteiger partial charge < -0.3 is 25.2 Å². The summed E-state index contributed by atoms with van der Waals surface area (Å²) in [7, 11) is 1.22. The van der Waals surface area contributed by atoms with Gasteiger partial charge in [-0.1, -0.05) is 13.8 Å². The molecule has 0 bridgehead atoms. The van der Waals surface area contributed by atoms with Crippen LogP contribution in [0.25, 0.3) is 0 Å². The van der Waals surface area contributed by atoms with Crippen molar-refractivity contribution in [2.45, 2.75) is 44.9 Å². The van der Waals surface area contributed by atoms with Crippen molar-refractivity contribution in [3.05, 3.63) is 0 Å². The summed E-state index contributed by atoms with van der Waals surface area (Å²) in [5.41, 5.74) is 0. The Hall–Kier alpha value is -1.83. The smallest absolute Gasteiger partial charge is 0.328 e. The van der Waals surface area contributed by atoms with E-state index in [1.165, 1.54) is 7.11 Å². The number of carboxylic acid groups (broad SMARTS) is 1. The highest BCUT2D eigenvalue weighted by atomic mass is 16.5. The lowest BCUT2D eigenvalue weighted by atomic mass is 10.0. The fourth-order valence-corrected chi connectivity index (χ4v) is 2.33. The quantitative estimate of drug-likeness (QED) is 0.606. The van der Waals surface area contributed by atoms with Gasteiger partial charge in [-0.25, -0.2) is 14.4 Å². The second kappa shape index (κ2) is 7.26. The normalized spacial score (nSPS) is 23.0. The average molecular weight is 302 g/mol. The highest BCUT2D eigenvalue weighted by molar-refractivity contribution is 5.87. The first-order valence-corrected chi connectivity index (χ1v) is 6.82. The van der Waals surface area contributed by atoms with E-state index >= 15 is 0 Å². The number of β-amino-alcohol motifs (C(OH)–C–C–N with tert-alkyl or cyclic N) is 1. The highest BCUT2D eigenvalue weighted by Crippen LogP contribution is 2.18. The van der Waals surface area contributed by atoms with Crippen LogP contribution in [-0.4, -0.2) is 64.9 Å². The molecule has 2 amide bonds. The molecule has 1 heterocycles.